The number of sulfonamides is 1. The topological polar surface area (TPSA) is 66.5 Å². The van der Waals surface area contributed by atoms with E-state index in [9.17, 15) is 13.2 Å². The molecule has 0 bridgehead atoms. The largest absolute Gasteiger partial charge is 0.322 e. The second-order valence-corrected chi connectivity index (χ2v) is 9.60. The molecular weight excluding hydrogens is 396 g/mol. The zero-order valence-electron chi connectivity index (χ0n) is 17.2. The second-order valence-electron chi connectivity index (χ2n) is 7.78. The average molecular weight is 421 g/mol. The minimum Gasteiger partial charge on any atom is -0.322 e. The number of amides is 1. The van der Waals surface area contributed by atoms with Gasteiger partial charge in [0, 0.05) is 17.3 Å². The molecule has 1 aliphatic heterocycles. The van der Waals surface area contributed by atoms with E-state index in [4.69, 9.17) is 0 Å². The van der Waals surface area contributed by atoms with Crippen LogP contribution in [0.2, 0.25) is 0 Å². The van der Waals surface area contributed by atoms with Crippen molar-refractivity contribution in [3.63, 3.8) is 0 Å². The molecule has 5 nitrogen and oxygen atoms in total. The summed E-state index contributed by atoms with van der Waals surface area (Å²) in [6.45, 7) is 5.81. The number of rotatable bonds is 4. The molecule has 1 N–H and O–H groups in total. The maximum absolute atomic E-state index is 13.4. The lowest BCUT2D eigenvalue weighted by Gasteiger charge is -2.24. The summed E-state index contributed by atoms with van der Waals surface area (Å²) in [5.41, 5.74) is 4.79. The van der Waals surface area contributed by atoms with Crippen LogP contribution in [0.5, 0.6) is 0 Å². The number of hydrogen-bond acceptors (Lipinski definition) is 3. The van der Waals surface area contributed by atoms with Crippen molar-refractivity contribution in [2.24, 2.45) is 0 Å². The van der Waals surface area contributed by atoms with Crippen LogP contribution in [0.4, 0.5) is 11.4 Å². The van der Waals surface area contributed by atoms with Crippen LogP contribution < -0.4 is 9.62 Å². The highest BCUT2D eigenvalue weighted by atomic mass is 32.2. The summed E-state index contributed by atoms with van der Waals surface area (Å²) in [5, 5.41) is 2.88. The van der Waals surface area contributed by atoms with E-state index in [1.165, 1.54) is 16.4 Å². The Labute approximate surface area is 177 Å². The standard InChI is InChI=1S/C24H24N2O3S/c1-16-11-12-22(17(2)13-16)25-24(27)20-8-6-9-21(15-20)30(28,29)26-18(3)14-19-7-4-5-10-23(19)26/h4-13,15,18H,14H2,1-3H3,(H,25,27). The van der Waals surface area contributed by atoms with Gasteiger partial charge in [0.25, 0.3) is 15.9 Å². The van der Waals surface area contributed by atoms with Crippen LogP contribution >= 0.6 is 0 Å². The zero-order chi connectivity index (χ0) is 21.5. The van der Waals surface area contributed by atoms with E-state index in [1.807, 2.05) is 63.2 Å². The number of aryl methyl sites for hydroxylation is 2. The molecule has 1 aliphatic rings. The smallest absolute Gasteiger partial charge is 0.264 e. The number of nitrogens with zero attached hydrogens (tertiary/aromatic N) is 1. The van der Waals surface area contributed by atoms with Gasteiger partial charge in [0.05, 0.1) is 10.6 Å². The molecule has 0 spiro atoms. The summed E-state index contributed by atoms with van der Waals surface area (Å²) in [4.78, 5) is 12.9. The van der Waals surface area contributed by atoms with Crippen molar-refractivity contribution in [2.75, 3.05) is 9.62 Å². The molecule has 0 radical (unpaired) electrons. The van der Waals surface area contributed by atoms with Gasteiger partial charge >= 0.3 is 0 Å². The first-order valence-electron chi connectivity index (χ1n) is 9.88. The summed E-state index contributed by atoms with van der Waals surface area (Å²) >= 11 is 0. The van der Waals surface area contributed by atoms with Crippen LogP contribution in [0.3, 0.4) is 0 Å². The van der Waals surface area contributed by atoms with Crippen molar-refractivity contribution in [1.82, 2.24) is 0 Å². The molecule has 6 heteroatoms. The molecule has 0 saturated heterocycles. The molecule has 0 aliphatic carbocycles. The van der Waals surface area contributed by atoms with Gasteiger partial charge in [0.15, 0.2) is 0 Å². The lowest BCUT2D eigenvalue weighted by Crippen LogP contribution is -2.35. The molecule has 1 amide bonds. The van der Waals surface area contributed by atoms with E-state index < -0.39 is 10.0 Å². The highest BCUT2D eigenvalue weighted by molar-refractivity contribution is 7.92. The predicted molar refractivity (Wildman–Crippen MR) is 120 cm³/mol. The fourth-order valence-corrected chi connectivity index (χ4v) is 5.70. The third kappa shape index (κ3) is 3.59. The molecule has 30 heavy (non-hydrogen) atoms. The van der Waals surface area contributed by atoms with Gasteiger partial charge < -0.3 is 5.32 Å². The third-order valence-electron chi connectivity index (χ3n) is 5.43. The number of carbonyl (C=O) groups is 1. The van der Waals surface area contributed by atoms with Crippen molar-refractivity contribution < 1.29 is 13.2 Å². The summed E-state index contributed by atoms with van der Waals surface area (Å²) in [5.74, 6) is -0.339. The van der Waals surface area contributed by atoms with Crippen LogP contribution in [0, 0.1) is 13.8 Å². The number of nitrogens with one attached hydrogen (secondary N) is 1. The molecule has 4 rings (SSSR count). The van der Waals surface area contributed by atoms with E-state index in [0.29, 0.717) is 23.4 Å². The molecule has 3 aromatic carbocycles. The van der Waals surface area contributed by atoms with Gasteiger partial charge in [-0.3, -0.25) is 9.10 Å². The molecule has 0 aromatic heterocycles. The maximum Gasteiger partial charge on any atom is 0.264 e. The third-order valence-corrected chi connectivity index (χ3v) is 7.35. The van der Waals surface area contributed by atoms with Gasteiger partial charge in [-0.05, 0) is 68.7 Å². The molecule has 1 unspecified atom stereocenters. The second kappa shape index (κ2) is 7.61. The maximum atomic E-state index is 13.4. The van der Waals surface area contributed by atoms with Crippen molar-refractivity contribution in [3.05, 3.63) is 89.0 Å². The Balaban J connectivity index is 1.65. The zero-order valence-corrected chi connectivity index (χ0v) is 18.0. The normalized spacial score (nSPS) is 15.7. The Morgan fingerprint density at radius 3 is 2.53 bits per heavy atom. The molecule has 3 aromatic rings. The van der Waals surface area contributed by atoms with Crippen LogP contribution in [0.25, 0.3) is 0 Å². The van der Waals surface area contributed by atoms with Crippen molar-refractivity contribution in [1.29, 1.82) is 0 Å². The van der Waals surface area contributed by atoms with E-state index in [2.05, 4.69) is 5.32 Å². The van der Waals surface area contributed by atoms with Crippen LogP contribution in [-0.4, -0.2) is 20.4 Å². The van der Waals surface area contributed by atoms with Crippen molar-refractivity contribution in [3.8, 4) is 0 Å². The number of hydrogen-bond donors (Lipinski definition) is 1. The van der Waals surface area contributed by atoms with Crippen LogP contribution in [0.1, 0.15) is 34.0 Å². The van der Waals surface area contributed by atoms with Gasteiger partial charge in [-0.2, -0.15) is 0 Å². The summed E-state index contributed by atoms with van der Waals surface area (Å²) in [6, 6.07) is 19.3. The minimum absolute atomic E-state index is 0.110. The Hall–Kier alpha value is -3.12. The van der Waals surface area contributed by atoms with E-state index in [0.717, 1.165) is 16.7 Å². The monoisotopic (exact) mass is 420 g/mol. The van der Waals surface area contributed by atoms with E-state index in [1.54, 1.807) is 12.1 Å². The number of benzene rings is 3. The number of carbonyl (C=O) groups excluding carboxylic acids is 1. The molecule has 1 atom stereocenters. The first kappa shape index (κ1) is 20.2. The Morgan fingerprint density at radius 1 is 1.00 bits per heavy atom. The molecule has 1 heterocycles. The first-order chi connectivity index (χ1) is 14.3. The lowest BCUT2D eigenvalue weighted by atomic mass is 10.1. The molecule has 154 valence electrons. The highest BCUT2D eigenvalue weighted by Gasteiger charge is 2.36. The summed E-state index contributed by atoms with van der Waals surface area (Å²) in [7, 11) is -3.79. The van der Waals surface area contributed by atoms with Gasteiger partial charge in [-0.15, -0.1) is 0 Å². The fourth-order valence-electron chi connectivity index (χ4n) is 3.96. The Bertz CT molecular complexity index is 1230. The molecular formula is C24H24N2O3S. The van der Waals surface area contributed by atoms with E-state index >= 15 is 0 Å². The van der Waals surface area contributed by atoms with Crippen LogP contribution in [-0.2, 0) is 16.4 Å². The predicted octanol–water partition coefficient (Wildman–Crippen LogP) is 4.70. The van der Waals surface area contributed by atoms with Crippen LogP contribution in [0.15, 0.2) is 71.6 Å². The van der Waals surface area contributed by atoms with E-state index in [-0.39, 0.29) is 16.8 Å². The van der Waals surface area contributed by atoms with Gasteiger partial charge in [0.1, 0.15) is 0 Å². The molecule has 0 saturated carbocycles. The fraction of sp³-hybridized carbons (Fsp3) is 0.208. The number of para-hydroxylation sites is 1. The highest BCUT2D eigenvalue weighted by Crippen LogP contribution is 2.36. The molecule has 0 fully saturated rings. The van der Waals surface area contributed by atoms with Crippen molar-refractivity contribution in [2.45, 2.75) is 38.1 Å². The van der Waals surface area contributed by atoms with Gasteiger partial charge in [-0.25, -0.2) is 8.42 Å². The number of anilines is 2. The summed E-state index contributed by atoms with van der Waals surface area (Å²) < 4.78 is 28.3. The van der Waals surface area contributed by atoms with Gasteiger partial charge in [-0.1, -0.05) is 42.0 Å². The first-order valence-corrected chi connectivity index (χ1v) is 11.3. The Kier molecular flexibility index (Phi) is 5.12. The average Bonchev–Trinajstić information content (AvgIpc) is 3.06. The Morgan fingerprint density at radius 2 is 1.77 bits per heavy atom. The lowest BCUT2D eigenvalue weighted by molar-refractivity contribution is 0.102. The van der Waals surface area contributed by atoms with Gasteiger partial charge in [0.2, 0.25) is 0 Å². The quantitative estimate of drug-likeness (QED) is 0.666. The SMILES string of the molecule is Cc1ccc(NC(=O)c2cccc(S(=O)(=O)N3c4ccccc4CC3C)c2)c(C)c1. The minimum atomic E-state index is -3.79. The van der Waals surface area contributed by atoms with Crippen molar-refractivity contribution >= 4 is 27.3 Å². The number of fused-ring (bicyclic) bond motifs is 1. The summed E-state index contributed by atoms with van der Waals surface area (Å²) in [6.07, 6.45) is 0.669.